The van der Waals surface area contributed by atoms with Crippen LogP contribution in [0.15, 0.2) is 48.5 Å². The Kier molecular flexibility index (Phi) is 8.33. The molecule has 7 nitrogen and oxygen atoms in total. The molecule has 0 aliphatic heterocycles. The highest BCUT2D eigenvalue weighted by molar-refractivity contribution is 5.88. The predicted molar refractivity (Wildman–Crippen MR) is 110 cm³/mol. The topological polar surface area (TPSA) is 77.1 Å². The SMILES string of the molecule is CC[C@H](C(=O)NC)N(Cc1ccccc1)C(=O)COc1cc(OC)cc(OC)c1. The van der Waals surface area contributed by atoms with Gasteiger partial charge in [0.05, 0.1) is 14.2 Å². The third-order valence-corrected chi connectivity index (χ3v) is 4.52. The number of hydrogen-bond acceptors (Lipinski definition) is 5. The van der Waals surface area contributed by atoms with Gasteiger partial charge in [0.25, 0.3) is 5.91 Å². The van der Waals surface area contributed by atoms with Crippen molar-refractivity contribution in [2.24, 2.45) is 0 Å². The average Bonchev–Trinajstić information content (AvgIpc) is 2.77. The molecule has 156 valence electrons. The van der Waals surface area contributed by atoms with E-state index < -0.39 is 6.04 Å². The molecule has 2 aromatic carbocycles. The van der Waals surface area contributed by atoms with Crippen LogP contribution in [0.3, 0.4) is 0 Å². The maximum atomic E-state index is 13.0. The normalized spacial score (nSPS) is 11.3. The number of nitrogens with one attached hydrogen (secondary N) is 1. The number of hydrogen-bond donors (Lipinski definition) is 1. The first kappa shape index (κ1) is 22.1. The summed E-state index contributed by atoms with van der Waals surface area (Å²) in [4.78, 5) is 26.9. The quantitative estimate of drug-likeness (QED) is 0.663. The van der Waals surface area contributed by atoms with Crippen molar-refractivity contribution < 1.29 is 23.8 Å². The van der Waals surface area contributed by atoms with Crippen LogP contribution in [0.2, 0.25) is 0 Å². The van der Waals surface area contributed by atoms with E-state index in [1.807, 2.05) is 37.3 Å². The summed E-state index contributed by atoms with van der Waals surface area (Å²) < 4.78 is 16.1. The molecule has 0 aliphatic rings. The lowest BCUT2D eigenvalue weighted by Gasteiger charge is -2.30. The number of amides is 2. The summed E-state index contributed by atoms with van der Waals surface area (Å²) in [7, 11) is 4.65. The number of ether oxygens (including phenoxy) is 3. The smallest absolute Gasteiger partial charge is 0.261 e. The molecule has 0 aromatic heterocycles. The van der Waals surface area contributed by atoms with Crippen molar-refractivity contribution in [1.29, 1.82) is 0 Å². The molecule has 2 rings (SSSR count). The minimum absolute atomic E-state index is 0.208. The molecule has 0 heterocycles. The molecule has 0 saturated carbocycles. The summed E-state index contributed by atoms with van der Waals surface area (Å²) in [5.74, 6) is 1.07. The van der Waals surface area contributed by atoms with E-state index in [9.17, 15) is 9.59 Å². The molecule has 0 saturated heterocycles. The molecular formula is C22H28N2O5. The molecule has 29 heavy (non-hydrogen) atoms. The van der Waals surface area contributed by atoms with Crippen molar-refractivity contribution in [3.63, 3.8) is 0 Å². The van der Waals surface area contributed by atoms with Crippen molar-refractivity contribution in [2.45, 2.75) is 25.9 Å². The molecule has 0 unspecified atom stereocenters. The van der Waals surface area contributed by atoms with Gasteiger partial charge in [-0.2, -0.15) is 0 Å². The third-order valence-electron chi connectivity index (χ3n) is 4.52. The van der Waals surface area contributed by atoms with E-state index >= 15 is 0 Å². The predicted octanol–water partition coefficient (Wildman–Crippen LogP) is 2.64. The van der Waals surface area contributed by atoms with E-state index in [1.165, 1.54) is 0 Å². The lowest BCUT2D eigenvalue weighted by atomic mass is 10.1. The molecule has 0 aliphatic carbocycles. The molecule has 0 radical (unpaired) electrons. The van der Waals surface area contributed by atoms with Gasteiger partial charge in [0.15, 0.2) is 6.61 Å². The maximum absolute atomic E-state index is 13.0. The number of rotatable bonds is 10. The molecule has 2 aromatic rings. The van der Waals surface area contributed by atoms with Gasteiger partial charge >= 0.3 is 0 Å². The van der Waals surface area contributed by atoms with Gasteiger partial charge in [0.1, 0.15) is 23.3 Å². The number of benzene rings is 2. The van der Waals surface area contributed by atoms with Crippen molar-refractivity contribution in [3.05, 3.63) is 54.1 Å². The van der Waals surface area contributed by atoms with Crippen molar-refractivity contribution in [2.75, 3.05) is 27.9 Å². The molecule has 2 amide bonds. The summed E-state index contributed by atoms with van der Waals surface area (Å²) in [6, 6.07) is 14.0. The first-order valence-corrected chi connectivity index (χ1v) is 9.43. The average molecular weight is 400 g/mol. The number of carbonyl (C=O) groups excluding carboxylic acids is 2. The van der Waals surface area contributed by atoms with Gasteiger partial charge in [-0.3, -0.25) is 9.59 Å². The van der Waals surface area contributed by atoms with Crippen LogP contribution in [0.5, 0.6) is 17.2 Å². The van der Waals surface area contributed by atoms with E-state index in [0.717, 1.165) is 5.56 Å². The zero-order valence-electron chi connectivity index (χ0n) is 17.3. The Balaban J connectivity index is 2.19. The van der Waals surface area contributed by atoms with E-state index in [2.05, 4.69) is 5.32 Å². The van der Waals surface area contributed by atoms with Gasteiger partial charge in [0, 0.05) is 31.8 Å². The second-order valence-corrected chi connectivity index (χ2v) is 6.38. The van der Waals surface area contributed by atoms with Crippen LogP contribution in [-0.4, -0.2) is 50.6 Å². The highest BCUT2D eigenvalue weighted by atomic mass is 16.5. The molecule has 0 spiro atoms. The lowest BCUT2D eigenvalue weighted by molar-refractivity contribution is -0.142. The molecule has 1 atom stereocenters. The molecule has 1 N–H and O–H groups in total. The van der Waals surface area contributed by atoms with Crippen LogP contribution < -0.4 is 19.5 Å². The summed E-state index contributed by atoms with van der Waals surface area (Å²) in [5, 5.41) is 2.63. The van der Waals surface area contributed by atoms with Crippen LogP contribution in [0.25, 0.3) is 0 Å². The van der Waals surface area contributed by atoms with Gasteiger partial charge in [-0.25, -0.2) is 0 Å². The zero-order valence-corrected chi connectivity index (χ0v) is 17.3. The number of nitrogens with zero attached hydrogens (tertiary/aromatic N) is 1. The Morgan fingerprint density at radius 1 is 1.00 bits per heavy atom. The van der Waals surface area contributed by atoms with Gasteiger partial charge in [0.2, 0.25) is 5.91 Å². The van der Waals surface area contributed by atoms with E-state index in [4.69, 9.17) is 14.2 Å². The number of likely N-dealkylation sites (N-methyl/N-ethyl adjacent to an activating group) is 1. The molecule has 0 fully saturated rings. The third kappa shape index (κ3) is 6.14. The maximum Gasteiger partial charge on any atom is 0.261 e. The first-order valence-electron chi connectivity index (χ1n) is 9.43. The van der Waals surface area contributed by atoms with E-state index in [0.29, 0.717) is 30.2 Å². The Morgan fingerprint density at radius 2 is 1.59 bits per heavy atom. The van der Waals surface area contributed by atoms with Crippen molar-refractivity contribution in [3.8, 4) is 17.2 Å². The Labute approximate surface area is 171 Å². The molecule has 0 bridgehead atoms. The van der Waals surface area contributed by atoms with E-state index in [-0.39, 0.29) is 18.4 Å². The summed E-state index contributed by atoms with van der Waals surface area (Å²) >= 11 is 0. The second-order valence-electron chi connectivity index (χ2n) is 6.38. The minimum Gasteiger partial charge on any atom is -0.496 e. The fourth-order valence-electron chi connectivity index (χ4n) is 2.96. The Morgan fingerprint density at radius 3 is 2.10 bits per heavy atom. The monoisotopic (exact) mass is 400 g/mol. The lowest BCUT2D eigenvalue weighted by Crippen LogP contribution is -2.49. The number of carbonyl (C=O) groups is 2. The van der Waals surface area contributed by atoms with Gasteiger partial charge in [-0.1, -0.05) is 37.3 Å². The molecular weight excluding hydrogens is 372 g/mol. The Bertz CT molecular complexity index is 788. The minimum atomic E-state index is -0.587. The van der Waals surface area contributed by atoms with Gasteiger partial charge < -0.3 is 24.4 Å². The van der Waals surface area contributed by atoms with Gasteiger partial charge in [-0.15, -0.1) is 0 Å². The summed E-state index contributed by atoms with van der Waals surface area (Å²) in [6.45, 7) is 1.98. The van der Waals surface area contributed by atoms with Crippen LogP contribution in [0.1, 0.15) is 18.9 Å². The fraction of sp³-hybridized carbons (Fsp3) is 0.364. The van der Waals surface area contributed by atoms with E-state index in [1.54, 1.807) is 44.4 Å². The van der Waals surface area contributed by atoms with Crippen LogP contribution in [0, 0.1) is 0 Å². The Hall–Kier alpha value is -3.22. The standard InChI is InChI=1S/C22H28N2O5/c1-5-20(22(26)23-2)24(14-16-9-7-6-8-10-16)21(25)15-29-19-12-17(27-3)11-18(13-19)28-4/h6-13,20H,5,14-15H2,1-4H3,(H,23,26)/t20-/m1/s1. The highest BCUT2D eigenvalue weighted by Gasteiger charge is 2.28. The fourth-order valence-corrected chi connectivity index (χ4v) is 2.96. The second kappa shape index (κ2) is 10.9. The number of methoxy groups -OCH3 is 2. The van der Waals surface area contributed by atoms with Crippen LogP contribution in [0.4, 0.5) is 0 Å². The summed E-state index contributed by atoms with van der Waals surface area (Å²) in [5.41, 5.74) is 0.936. The highest BCUT2D eigenvalue weighted by Crippen LogP contribution is 2.27. The van der Waals surface area contributed by atoms with Crippen molar-refractivity contribution in [1.82, 2.24) is 10.2 Å². The summed E-state index contributed by atoms with van der Waals surface area (Å²) in [6.07, 6.45) is 0.491. The van der Waals surface area contributed by atoms with Crippen LogP contribution in [-0.2, 0) is 16.1 Å². The van der Waals surface area contributed by atoms with Crippen LogP contribution >= 0.6 is 0 Å². The van der Waals surface area contributed by atoms with Crippen molar-refractivity contribution >= 4 is 11.8 Å². The zero-order chi connectivity index (χ0) is 21.2. The molecule has 7 heteroatoms. The first-order chi connectivity index (χ1) is 14.0. The largest absolute Gasteiger partial charge is 0.496 e. The van der Waals surface area contributed by atoms with Gasteiger partial charge in [-0.05, 0) is 12.0 Å².